The number of hydrogen-bond acceptors (Lipinski definition) is 3. The van der Waals surface area contributed by atoms with E-state index in [2.05, 4.69) is 10.6 Å². The fourth-order valence-corrected chi connectivity index (χ4v) is 1.96. The number of nitrogens with one attached hydrogen (secondary N) is 2. The number of furan rings is 1. The third-order valence-electron chi connectivity index (χ3n) is 2.88. The lowest BCUT2D eigenvalue weighted by Crippen LogP contribution is -2.43. The highest BCUT2D eigenvalue weighted by Gasteiger charge is 2.19. The van der Waals surface area contributed by atoms with Gasteiger partial charge in [-0.15, -0.1) is 0 Å². The highest BCUT2D eigenvalue weighted by Crippen LogP contribution is 2.06. The smallest absolute Gasteiger partial charge is 0.237 e. The molecule has 0 bridgehead atoms. The predicted octanol–water partition coefficient (Wildman–Crippen LogP) is 1.08. The summed E-state index contributed by atoms with van der Waals surface area (Å²) in [5, 5.41) is 6.19. The summed E-state index contributed by atoms with van der Waals surface area (Å²) in [4.78, 5) is 11.6. The van der Waals surface area contributed by atoms with Gasteiger partial charge in [-0.2, -0.15) is 0 Å². The molecule has 2 rings (SSSR count). The zero-order chi connectivity index (χ0) is 11.2. The van der Waals surface area contributed by atoms with Crippen molar-refractivity contribution in [2.75, 3.05) is 13.1 Å². The molecule has 0 spiro atoms. The van der Waals surface area contributed by atoms with Gasteiger partial charge in [-0.05, 0) is 31.4 Å². The lowest BCUT2D eigenvalue weighted by atomic mass is 10.1. The topological polar surface area (TPSA) is 54.3 Å². The molecule has 1 saturated heterocycles. The summed E-state index contributed by atoms with van der Waals surface area (Å²) in [6.07, 6.45) is 5.63. The van der Waals surface area contributed by atoms with Crippen molar-refractivity contribution in [3.63, 3.8) is 0 Å². The van der Waals surface area contributed by atoms with Crippen LogP contribution in [0.3, 0.4) is 0 Å². The Balaban J connectivity index is 1.73. The minimum atomic E-state index is -0.0301. The molecule has 1 aliphatic heterocycles. The molecule has 2 N–H and O–H groups in total. The van der Waals surface area contributed by atoms with Crippen LogP contribution in [0.5, 0.6) is 0 Å². The molecule has 0 radical (unpaired) electrons. The first-order chi connectivity index (χ1) is 7.86. The molecule has 0 aromatic carbocycles. The van der Waals surface area contributed by atoms with Crippen LogP contribution in [0.2, 0.25) is 0 Å². The number of carbonyl (C=O) groups excluding carboxylic acids is 1. The minimum absolute atomic E-state index is 0.0301. The van der Waals surface area contributed by atoms with E-state index < -0.39 is 0 Å². The van der Waals surface area contributed by atoms with Gasteiger partial charge in [0.1, 0.15) is 5.76 Å². The van der Waals surface area contributed by atoms with E-state index in [0.717, 1.165) is 44.5 Å². The van der Waals surface area contributed by atoms with Gasteiger partial charge < -0.3 is 15.1 Å². The van der Waals surface area contributed by atoms with Crippen molar-refractivity contribution in [2.24, 2.45) is 0 Å². The third-order valence-corrected chi connectivity index (χ3v) is 2.88. The van der Waals surface area contributed by atoms with Gasteiger partial charge in [0.25, 0.3) is 0 Å². The molecule has 1 unspecified atom stereocenters. The molecule has 1 aromatic rings. The fourth-order valence-electron chi connectivity index (χ4n) is 1.96. The van der Waals surface area contributed by atoms with Crippen molar-refractivity contribution in [1.82, 2.24) is 10.6 Å². The summed E-state index contributed by atoms with van der Waals surface area (Å²) in [7, 11) is 0. The van der Waals surface area contributed by atoms with Crippen molar-refractivity contribution in [3.05, 3.63) is 24.2 Å². The van der Waals surface area contributed by atoms with Gasteiger partial charge in [0.15, 0.2) is 0 Å². The van der Waals surface area contributed by atoms with Gasteiger partial charge in [-0.25, -0.2) is 0 Å². The molecule has 16 heavy (non-hydrogen) atoms. The molecule has 1 amide bonds. The Morgan fingerprint density at radius 2 is 2.44 bits per heavy atom. The lowest BCUT2D eigenvalue weighted by molar-refractivity contribution is -0.122. The largest absolute Gasteiger partial charge is 0.469 e. The van der Waals surface area contributed by atoms with Crippen molar-refractivity contribution in [3.8, 4) is 0 Å². The van der Waals surface area contributed by atoms with Crippen molar-refractivity contribution in [1.29, 1.82) is 0 Å². The first-order valence-electron chi connectivity index (χ1n) is 5.90. The molecule has 88 valence electrons. The number of carbonyl (C=O) groups is 1. The Hall–Kier alpha value is -1.29. The molecule has 4 nitrogen and oxygen atoms in total. The maximum atomic E-state index is 11.6. The number of rotatable bonds is 4. The Bertz CT molecular complexity index is 322. The van der Waals surface area contributed by atoms with Crippen LogP contribution >= 0.6 is 0 Å². The van der Waals surface area contributed by atoms with Crippen LogP contribution in [-0.2, 0) is 11.2 Å². The monoisotopic (exact) mass is 222 g/mol. The Morgan fingerprint density at radius 1 is 1.50 bits per heavy atom. The second-order valence-corrected chi connectivity index (χ2v) is 4.12. The van der Waals surface area contributed by atoms with Gasteiger partial charge in [0, 0.05) is 19.5 Å². The quantitative estimate of drug-likeness (QED) is 0.801. The summed E-state index contributed by atoms with van der Waals surface area (Å²) >= 11 is 0. The van der Waals surface area contributed by atoms with Crippen LogP contribution in [0.15, 0.2) is 22.8 Å². The molecule has 1 aliphatic rings. The van der Waals surface area contributed by atoms with E-state index in [1.165, 1.54) is 0 Å². The van der Waals surface area contributed by atoms with Crippen molar-refractivity contribution < 1.29 is 9.21 Å². The van der Waals surface area contributed by atoms with Crippen LogP contribution in [0, 0.1) is 0 Å². The molecule has 1 atom stereocenters. The first-order valence-corrected chi connectivity index (χ1v) is 5.90. The lowest BCUT2D eigenvalue weighted by Gasteiger charge is -2.14. The van der Waals surface area contributed by atoms with Crippen LogP contribution in [0.1, 0.15) is 25.0 Å². The highest BCUT2D eigenvalue weighted by molar-refractivity contribution is 5.81. The van der Waals surface area contributed by atoms with E-state index in [4.69, 9.17) is 4.42 Å². The fraction of sp³-hybridized carbons (Fsp3) is 0.583. The van der Waals surface area contributed by atoms with Crippen LogP contribution in [-0.4, -0.2) is 25.0 Å². The van der Waals surface area contributed by atoms with E-state index in [1.54, 1.807) is 6.26 Å². The summed E-state index contributed by atoms with van der Waals surface area (Å²) in [5.41, 5.74) is 0. The maximum absolute atomic E-state index is 11.6. The molecular formula is C12H18N2O2. The Kier molecular flexibility index (Phi) is 3.99. The van der Waals surface area contributed by atoms with E-state index in [1.807, 2.05) is 12.1 Å². The van der Waals surface area contributed by atoms with Crippen molar-refractivity contribution >= 4 is 5.91 Å². The van der Waals surface area contributed by atoms with E-state index in [9.17, 15) is 4.79 Å². The molecule has 2 heterocycles. The second kappa shape index (κ2) is 5.70. The summed E-state index contributed by atoms with van der Waals surface area (Å²) in [6.45, 7) is 1.60. The Labute approximate surface area is 95.4 Å². The SMILES string of the molecule is O=C1NCCCCC1NCCc1ccco1. The second-order valence-electron chi connectivity index (χ2n) is 4.12. The normalized spacial score (nSPS) is 21.5. The predicted molar refractivity (Wildman–Crippen MR) is 61.1 cm³/mol. The molecular weight excluding hydrogens is 204 g/mol. The summed E-state index contributed by atoms with van der Waals surface area (Å²) < 4.78 is 5.23. The Morgan fingerprint density at radius 3 is 3.25 bits per heavy atom. The van der Waals surface area contributed by atoms with Crippen LogP contribution < -0.4 is 10.6 Å². The minimum Gasteiger partial charge on any atom is -0.469 e. The van der Waals surface area contributed by atoms with E-state index in [-0.39, 0.29) is 11.9 Å². The van der Waals surface area contributed by atoms with E-state index in [0.29, 0.717) is 0 Å². The number of amides is 1. The summed E-state index contributed by atoms with van der Waals surface area (Å²) in [5.74, 6) is 1.10. The van der Waals surface area contributed by atoms with Crippen molar-refractivity contribution in [2.45, 2.75) is 31.7 Å². The molecule has 1 fully saturated rings. The van der Waals surface area contributed by atoms with Gasteiger partial charge >= 0.3 is 0 Å². The standard InChI is InChI=1S/C12H18N2O2/c15-12-11(5-1-2-7-14-12)13-8-6-10-4-3-9-16-10/h3-4,9,11,13H,1-2,5-8H2,(H,14,15). The average Bonchev–Trinajstić information content (AvgIpc) is 2.71. The van der Waals surface area contributed by atoms with Crippen LogP contribution in [0.25, 0.3) is 0 Å². The number of hydrogen-bond donors (Lipinski definition) is 2. The van der Waals surface area contributed by atoms with Gasteiger partial charge in [-0.3, -0.25) is 4.79 Å². The van der Waals surface area contributed by atoms with Gasteiger partial charge in [-0.1, -0.05) is 0 Å². The third kappa shape index (κ3) is 3.10. The zero-order valence-corrected chi connectivity index (χ0v) is 9.37. The maximum Gasteiger partial charge on any atom is 0.237 e. The van der Waals surface area contributed by atoms with Gasteiger partial charge in [0.05, 0.1) is 12.3 Å². The highest BCUT2D eigenvalue weighted by atomic mass is 16.3. The summed E-state index contributed by atoms with van der Waals surface area (Å²) in [6, 6.07) is 3.81. The first kappa shape index (κ1) is 11.2. The van der Waals surface area contributed by atoms with Gasteiger partial charge in [0.2, 0.25) is 5.91 Å². The van der Waals surface area contributed by atoms with Crippen LogP contribution in [0.4, 0.5) is 0 Å². The average molecular weight is 222 g/mol. The van der Waals surface area contributed by atoms with E-state index >= 15 is 0 Å². The molecule has 4 heteroatoms. The molecule has 1 aromatic heterocycles. The zero-order valence-electron chi connectivity index (χ0n) is 9.37. The molecule has 0 saturated carbocycles. The molecule has 0 aliphatic carbocycles.